The minimum absolute atomic E-state index is 0.611. The summed E-state index contributed by atoms with van der Waals surface area (Å²) in [4.78, 5) is 2.40. The van der Waals surface area contributed by atoms with E-state index in [9.17, 15) is 0 Å². The summed E-state index contributed by atoms with van der Waals surface area (Å²) in [5.74, 6) is 0.611. The highest BCUT2D eigenvalue weighted by Crippen LogP contribution is 2.20. The summed E-state index contributed by atoms with van der Waals surface area (Å²) < 4.78 is 0. The molecule has 16 heavy (non-hydrogen) atoms. The number of hydrogen-bond donors (Lipinski definition) is 1. The third-order valence-electron chi connectivity index (χ3n) is 3.05. The summed E-state index contributed by atoms with van der Waals surface area (Å²) >= 11 is 0. The molecule has 0 aliphatic rings. The lowest BCUT2D eigenvalue weighted by Gasteiger charge is -2.18. The van der Waals surface area contributed by atoms with E-state index >= 15 is 0 Å². The van der Waals surface area contributed by atoms with Crippen molar-refractivity contribution in [1.29, 1.82) is 0 Å². The van der Waals surface area contributed by atoms with Crippen molar-refractivity contribution in [3.8, 4) is 0 Å². The lowest BCUT2D eigenvalue weighted by molar-refractivity contribution is 0.321. The summed E-state index contributed by atoms with van der Waals surface area (Å²) in [6.45, 7) is 6.86. The molecule has 0 aliphatic heterocycles. The van der Waals surface area contributed by atoms with E-state index in [1.165, 1.54) is 31.5 Å². The fourth-order valence-electron chi connectivity index (χ4n) is 1.90. The van der Waals surface area contributed by atoms with Crippen LogP contribution in [-0.4, -0.2) is 25.0 Å². The molecule has 1 atom stereocenters. The van der Waals surface area contributed by atoms with Gasteiger partial charge < -0.3 is 10.6 Å². The van der Waals surface area contributed by atoms with Crippen molar-refractivity contribution in [3.63, 3.8) is 0 Å². The molecule has 1 aromatic rings. The Morgan fingerprint density at radius 3 is 2.38 bits per heavy atom. The first-order valence-electron chi connectivity index (χ1n) is 6.17. The monoisotopic (exact) mass is 220 g/mol. The van der Waals surface area contributed by atoms with Crippen molar-refractivity contribution in [2.45, 2.75) is 32.6 Å². The second-order valence-electron chi connectivity index (χ2n) is 4.66. The van der Waals surface area contributed by atoms with Gasteiger partial charge in [-0.15, -0.1) is 0 Å². The number of nitrogen functional groups attached to an aromatic ring is 1. The Balaban J connectivity index is 2.40. The van der Waals surface area contributed by atoms with Crippen LogP contribution < -0.4 is 5.73 Å². The van der Waals surface area contributed by atoms with Gasteiger partial charge in [-0.3, -0.25) is 0 Å². The van der Waals surface area contributed by atoms with Gasteiger partial charge in [0.15, 0.2) is 0 Å². The van der Waals surface area contributed by atoms with E-state index in [2.05, 4.69) is 37.9 Å². The molecule has 90 valence electrons. The largest absolute Gasteiger partial charge is 0.399 e. The molecule has 2 heteroatoms. The van der Waals surface area contributed by atoms with Gasteiger partial charge in [-0.1, -0.05) is 26.0 Å². The average molecular weight is 220 g/mol. The second-order valence-corrected chi connectivity index (χ2v) is 4.66. The molecule has 1 unspecified atom stereocenters. The van der Waals surface area contributed by atoms with Gasteiger partial charge in [0.05, 0.1) is 0 Å². The molecule has 1 aromatic carbocycles. The Hall–Kier alpha value is -1.02. The SMILES string of the molecule is CCCN(C)CCC(C)c1ccc(N)cc1. The first kappa shape index (κ1) is 13.0. The van der Waals surface area contributed by atoms with Crippen LogP contribution in [0.5, 0.6) is 0 Å². The predicted molar refractivity (Wildman–Crippen MR) is 71.7 cm³/mol. The third-order valence-corrected chi connectivity index (χ3v) is 3.05. The molecule has 0 spiro atoms. The quantitative estimate of drug-likeness (QED) is 0.746. The van der Waals surface area contributed by atoms with Gasteiger partial charge in [0.25, 0.3) is 0 Å². The first-order chi connectivity index (χ1) is 7.63. The molecule has 2 N–H and O–H groups in total. The van der Waals surface area contributed by atoms with Gasteiger partial charge in [0.1, 0.15) is 0 Å². The zero-order chi connectivity index (χ0) is 12.0. The molecule has 0 amide bonds. The third kappa shape index (κ3) is 4.23. The van der Waals surface area contributed by atoms with Crippen LogP contribution in [0.2, 0.25) is 0 Å². The maximum Gasteiger partial charge on any atom is 0.0314 e. The highest BCUT2D eigenvalue weighted by Gasteiger charge is 2.06. The van der Waals surface area contributed by atoms with E-state index in [0.29, 0.717) is 5.92 Å². The zero-order valence-electron chi connectivity index (χ0n) is 10.7. The van der Waals surface area contributed by atoms with Crippen LogP contribution in [-0.2, 0) is 0 Å². The van der Waals surface area contributed by atoms with Crippen molar-refractivity contribution in [3.05, 3.63) is 29.8 Å². The van der Waals surface area contributed by atoms with Crippen LogP contribution >= 0.6 is 0 Å². The lowest BCUT2D eigenvalue weighted by Crippen LogP contribution is -2.21. The summed E-state index contributed by atoms with van der Waals surface area (Å²) in [5, 5.41) is 0. The van der Waals surface area contributed by atoms with E-state index in [1.54, 1.807) is 0 Å². The van der Waals surface area contributed by atoms with E-state index in [-0.39, 0.29) is 0 Å². The first-order valence-corrected chi connectivity index (χ1v) is 6.17. The van der Waals surface area contributed by atoms with Gasteiger partial charge in [-0.2, -0.15) is 0 Å². The van der Waals surface area contributed by atoms with Gasteiger partial charge >= 0.3 is 0 Å². The highest BCUT2D eigenvalue weighted by molar-refractivity contribution is 5.40. The van der Waals surface area contributed by atoms with Crippen LogP contribution in [0.25, 0.3) is 0 Å². The van der Waals surface area contributed by atoms with Crippen molar-refractivity contribution in [1.82, 2.24) is 4.90 Å². The minimum Gasteiger partial charge on any atom is -0.399 e. The van der Waals surface area contributed by atoms with Gasteiger partial charge in [-0.25, -0.2) is 0 Å². The molecule has 0 fully saturated rings. The predicted octanol–water partition coefficient (Wildman–Crippen LogP) is 3.10. The molecule has 0 radical (unpaired) electrons. The molecular weight excluding hydrogens is 196 g/mol. The van der Waals surface area contributed by atoms with Crippen LogP contribution in [0, 0.1) is 0 Å². The highest BCUT2D eigenvalue weighted by atomic mass is 15.1. The van der Waals surface area contributed by atoms with Gasteiger partial charge in [0, 0.05) is 5.69 Å². The van der Waals surface area contributed by atoms with Crippen LogP contribution in [0.1, 0.15) is 38.2 Å². The molecule has 0 bridgehead atoms. The lowest BCUT2D eigenvalue weighted by atomic mass is 9.97. The van der Waals surface area contributed by atoms with Crippen LogP contribution in [0.3, 0.4) is 0 Å². The van der Waals surface area contributed by atoms with E-state index in [4.69, 9.17) is 5.73 Å². The summed E-state index contributed by atoms with van der Waals surface area (Å²) in [6.07, 6.45) is 2.44. The maximum absolute atomic E-state index is 5.68. The van der Waals surface area contributed by atoms with E-state index < -0.39 is 0 Å². The zero-order valence-corrected chi connectivity index (χ0v) is 10.7. The van der Waals surface area contributed by atoms with E-state index in [0.717, 1.165) is 5.69 Å². The molecule has 0 saturated heterocycles. The maximum atomic E-state index is 5.68. The molecule has 0 heterocycles. The van der Waals surface area contributed by atoms with E-state index in [1.807, 2.05) is 12.1 Å². The fourth-order valence-corrected chi connectivity index (χ4v) is 1.90. The average Bonchev–Trinajstić information content (AvgIpc) is 2.27. The van der Waals surface area contributed by atoms with Gasteiger partial charge in [0.2, 0.25) is 0 Å². The summed E-state index contributed by atoms with van der Waals surface area (Å²) in [5.41, 5.74) is 7.91. The fraction of sp³-hybridized carbons (Fsp3) is 0.571. The Bertz CT molecular complexity index is 292. The summed E-state index contributed by atoms with van der Waals surface area (Å²) in [6, 6.07) is 8.25. The standard InChI is InChI=1S/C14H24N2/c1-4-10-16(3)11-9-12(2)13-5-7-14(15)8-6-13/h5-8,12H,4,9-11,15H2,1-3H3. The Kier molecular flexibility index (Phi) is 5.33. The second kappa shape index (κ2) is 6.54. The van der Waals surface area contributed by atoms with Gasteiger partial charge in [-0.05, 0) is 56.6 Å². The number of nitrogens with two attached hydrogens (primary N) is 1. The Morgan fingerprint density at radius 2 is 1.81 bits per heavy atom. The molecule has 0 aromatic heterocycles. The van der Waals surface area contributed by atoms with Crippen molar-refractivity contribution < 1.29 is 0 Å². The molecule has 0 saturated carbocycles. The normalized spacial score (nSPS) is 13.0. The van der Waals surface area contributed by atoms with Crippen molar-refractivity contribution >= 4 is 5.69 Å². The number of rotatable bonds is 6. The van der Waals surface area contributed by atoms with Crippen LogP contribution in [0.15, 0.2) is 24.3 Å². The Morgan fingerprint density at radius 1 is 1.19 bits per heavy atom. The number of hydrogen-bond acceptors (Lipinski definition) is 2. The molecule has 0 aliphatic carbocycles. The number of nitrogens with zero attached hydrogens (tertiary/aromatic N) is 1. The van der Waals surface area contributed by atoms with Crippen molar-refractivity contribution in [2.75, 3.05) is 25.9 Å². The topological polar surface area (TPSA) is 29.3 Å². The molecule has 1 rings (SSSR count). The smallest absolute Gasteiger partial charge is 0.0314 e. The number of benzene rings is 1. The summed E-state index contributed by atoms with van der Waals surface area (Å²) in [7, 11) is 2.19. The number of anilines is 1. The Labute approximate surface area is 99.5 Å². The van der Waals surface area contributed by atoms with Crippen LogP contribution in [0.4, 0.5) is 5.69 Å². The molecule has 2 nitrogen and oxygen atoms in total. The molecular formula is C14H24N2. The van der Waals surface area contributed by atoms with Crippen molar-refractivity contribution in [2.24, 2.45) is 0 Å². The minimum atomic E-state index is 0.611.